The maximum atomic E-state index is 10.7. The van der Waals surface area contributed by atoms with Crippen LogP contribution < -0.4 is 0 Å². The number of hydrogen-bond donors (Lipinski definition) is 2. The van der Waals surface area contributed by atoms with Crippen molar-refractivity contribution in [3.8, 4) is 0 Å². The Morgan fingerprint density at radius 1 is 1.25 bits per heavy atom. The number of carbonyl (C=O) groups is 1. The molecule has 8 nitrogen and oxygen atoms in total. The molecule has 0 radical (unpaired) electrons. The van der Waals surface area contributed by atoms with Gasteiger partial charge in [0.15, 0.2) is 0 Å². The Morgan fingerprint density at radius 2 is 1.56 bits per heavy atom. The van der Waals surface area contributed by atoms with Gasteiger partial charge >= 0.3 is 68.2 Å². The molecule has 11 heteroatoms. The average Bonchev–Trinajstić information content (AvgIpc) is 1.99. The molecule has 0 rings (SSSR count). The summed E-state index contributed by atoms with van der Waals surface area (Å²) in [6.07, 6.45) is 0.467. The van der Waals surface area contributed by atoms with Gasteiger partial charge in [0.25, 0.3) is 0 Å². The van der Waals surface area contributed by atoms with Gasteiger partial charge < -0.3 is 4.74 Å². The van der Waals surface area contributed by atoms with Gasteiger partial charge in [-0.2, -0.15) is 16.8 Å². The number of esters is 1. The maximum absolute atomic E-state index is 10.7. The van der Waals surface area contributed by atoms with Gasteiger partial charge in [-0.1, -0.05) is 6.58 Å². The van der Waals surface area contributed by atoms with E-state index in [4.69, 9.17) is 9.11 Å². The van der Waals surface area contributed by atoms with Gasteiger partial charge in [-0.05, 0) is 0 Å². The van der Waals surface area contributed by atoms with Gasteiger partial charge in [-0.25, -0.2) is 4.79 Å². The van der Waals surface area contributed by atoms with Crippen molar-refractivity contribution in [2.75, 3.05) is 0 Å². The third-order valence-electron chi connectivity index (χ3n) is 1.39. The fraction of sp³-hybridized carbons (Fsp3) is 0.400. The van der Waals surface area contributed by atoms with Gasteiger partial charge in [0.05, 0.1) is 0 Å². The van der Waals surface area contributed by atoms with Crippen molar-refractivity contribution in [1.82, 2.24) is 0 Å². The Balaban J connectivity index is 0. The molecule has 2 N–H and O–H groups in total. The number of hydrogen-bond acceptors (Lipinski definition) is 6. The van der Waals surface area contributed by atoms with Crippen molar-refractivity contribution in [3.63, 3.8) is 0 Å². The molecule has 0 spiro atoms. The van der Waals surface area contributed by atoms with Crippen LogP contribution in [0.2, 0.25) is 0 Å². The summed E-state index contributed by atoms with van der Waals surface area (Å²) in [4.78, 5) is 10.6. The van der Waals surface area contributed by atoms with Crippen LogP contribution in [0, 0.1) is 0 Å². The van der Waals surface area contributed by atoms with Crippen LogP contribution >= 0.6 is 0 Å². The van der Waals surface area contributed by atoms with Gasteiger partial charge in [-0.3, -0.25) is 9.11 Å². The van der Waals surface area contributed by atoms with Crippen molar-refractivity contribution in [1.29, 1.82) is 0 Å². The summed E-state index contributed by atoms with van der Waals surface area (Å²) in [5.74, 6) is -1.44. The topological polar surface area (TPSA) is 135 Å². The van der Waals surface area contributed by atoms with Gasteiger partial charge in [0.2, 0.25) is 0 Å². The molecule has 0 bridgehead atoms. The van der Waals surface area contributed by atoms with E-state index in [0.717, 1.165) is 0 Å². The molecule has 0 aliphatic heterocycles. The first-order valence-corrected chi connectivity index (χ1v) is 6.13. The molecular formula is C5H10CaO8S2. The molecule has 0 aliphatic carbocycles. The molecule has 16 heavy (non-hydrogen) atoms. The predicted molar refractivity (Wildman–Crippen MR) is 56.3 cm³/mol. The summed E-state index contributed by atoms with van der Waals surface area (Å²) in [5, 5.41) is 0. The fourth-order valence-corrected chi connectivity index (χ4v) is 1.90. The predicted octanol–water partition coefficient (Wildman–Crippen LogP) is -1.75. The second kappa shape index (κ2) is 5.76. The molecule has 0 atom stereocenters. The SMILES string of the molecule is C=CC(=O)OC(C)(S(=O)(=O)O)S(=O)(=O)O.[CaH2]. The summed E-state index contributed by atoms with van der Waals surface area (Å²) in [7, 11) is -10.7. The van der Waals surface area contributed by atoms with Crippen LogP contribution in [-0.2, 0) is 29.8 Å². The van der Waals surface area contributed by atoms with Crippen molar-refractivity contribution in [3.05, 3.63) is 12.7 Å². The molecule has 0 fully saturated rings. The first-order chi connectivity index (χ1) is 6.45. The van der Waals surface area contributed by atoms with Crippen LogP contribution in [-0.4, -0.2) is 73.9 Å². The van der Waals surface area contributed by atoms with Gasteiger partial charge in [-0.15, -0.1) is 0 Å². The van der Waals surface area contributed by atoms with E-state index in [1.54, 1.807) is 0 Å². The minimum atomic E-state index is -5.36. The summed E-state index contributed by atoms with van der Waals surface area (Å²) in [6, 6.07) is 0. The zero-order valence-corrected chi connectivity index (χ0v) is 9.08. The average molecular weight is 302 g/mol. The second-order valence-corrected chi connectivity index (χ2v) is 6.15. The van der Waals surface area contributed by atoms with E-state index >= 15 is 0 Å². The summed E-state index contributed by atoms with van der Waals surface area (Å²) in [5.41, 5.74) is 0. The Hall–Kier alpha value is 0.290. The van der Waals surface area contributed by atoms with E-state index in [0.29, 0.717) is 13.0 Å². The van der Waals surface area contributed by atoms with Crippen LogP contribution in [0.5, 0.6) is 0 Å². The number of ether oxygens (including phenoxy) is 1. The third kappa shape index (κ3) is 3.95. The molecule has 92 valence electrons. The molecule has 0 unspecified atom stereocenters. The van der Waals surface area contributed by atoms with Crippen molar-refractivity contribution in [2.45, 2.75) is 11.2 Å². The van der Waals surface area contributed by atoms with Gasteiger partial charge in [0.1, 0.15) is 0 Å². The molecule has 0 amide bonds. The third-order valence-corrected chi connectivity index (χ3v) is 4.69. The summed E-state index contributed by atoms with van der Waals surface area (Å²) < 4.78 is 60.1. The van der Waals surface area contributed by atoms with E-state index in [1.165, 1.54) is 0 Å². The van der Waals surface area contributed by atoms with Crippen molar-refractivity contribution >= 4 is 63.9 Å². The van der Waals surface area contributed by atoms with Crippen LogP contribution in [0.3, 0.4) is 0 Å². The molecule has 0 heterocycles. The zero-order chi connectivity index (χ0) is 12.5. The quantitative estimate of drug-likeness (QED) is 0.270. The number of carbonyl (C=O) groups excluding carboxylic acids is 1. The zero-order valence-electron chi connectivity index (χ0n) is 7.44. The van der Waals surface area contributed by atoms with Gasteiger partial charge in [0, 0.05) is 13.0 Å². The molecule has 0 aromatic heterocycles. The fourth-order valence-electron chi connectivity index (χ4n) is 0.463. The van der Waals surface area contributed by atoms with Crippen molar-refractivity contribution < 1.29 is 35.5 Å². The number of rotatable bonds is 4. The van der Waals surface area contributed by atoms with E-state index in [-0.39, 0.29) is 37.7 Å². The summed E-state index contributed by atoms with van der Waals surface area (Å²) in [6.45, 7) is 3.19. The Bertz CT molecular complexity index is 443. The first kappa shape index (κ1) is 18.6. The Labute approximate surface area is 122 Å². The summed E-state index contributed by atoms with van der Waals surface area (Å²) >= 11 is 0. The van der Waals surface area contributed by atoms with Crippen LogP contribution in [0.15, 0.2) is 12.7 Å². The monoisotopic (exact) mass is 302 g/mol. The molecule has 0 aromatic carbocycles. The molecule has 0 saturated heterocycles. The van der Waals surface area contributed by atoms with E-state index in [2.05, 4.69) is 11.3 Å². The Morgan fingerprint density at radius 3 is 1.75 bits per heavy atom. The van der Waals surface area contributed by atoms with Crippen molar-refractivity contribution in [2.24, 2.45) is 0 Å². The van der Waals surface area contributed by atoms with Crippen LogP contribution in [0.25, 0.3) is 0 Å². The standard InChI is InChI=1S/C5H8O8S2.Ca.2H/c1-3-4(6)13-5(2,14(7,8)9)15(10,11)12;;;/h3H,1H2,2H3,(H,7,8,9)(H,10,11,12);;;. The first-order valence-electron chi connectivity index (χ1n) is 3.25. The Kier molecular flexibility index (Phi) is 6.71. The molecule has 0 aliphatic rings. The molecular weight excluding hydrogens is 292 g/mol. The molecule has 0 saturated carbocycles. The van der Waals surface area contributed by atoms with Crippen LogP contribution in [0.4, 0.5) is 0 Å². The van der Waals surface area contributed by atoms with Crippen LogP contribution in [0.1, 0.15) is 6.92 Å². The van der Waals surface area contributed by atoms with E-state index in [1.807, 2.05) is 0 Å². The van der Waals surface area contributed by atoms with E-state index in [9.17, 15) is 21.6 Å². The normalized spacial score (nSPS) is 12.4. The minimum absolute atomic E-state index is 0. The van der Waals surface area contributed by atoms with E-state index < -0.39 is 30.5 Å². The molecule has 0 aromatic rings. The second-order valence-electron chi connectivity index (χ2n) is 2.44.